The van der Waals surface area contributed by atoms with Crippen LogP contribution in [0.15, 0.2) is 0 Å². The van der Waals surface area contributed by atoms with Crippen molar-refractivity contribution in [3.63, 3.8) is 0 Å². The summed E-state index contributed by atoms with van der Waals surface area (Å²) in [6.07, 6.45) is 0.355. The zero-order valence-electron chi connectivity index (χ0n) is 10.7. The van der Waals surface area contributed by atoms with E-state index < -0.39 is 21.6 Å². The Hall–Kier alpha value is -0.700. The summed E-state index contributed by atoms with van der Waals surface area (Å²) in [7, 11) is -3.62. The number of carboxylic acid groups (broad SMARTS) is 1. The van der Waals surface area contributed by atoms with E-state index >= 15 is 0 Å². The van der Waals surface area contributed by atoms with Crippen LogP contribution in [0.3, 0.4) is 0 Å². The van der Waals surface area contributed by atoms with Gasteiger partial charge in [0, 0.05) is 19.6 Å². The summed E-state index contributed by atoms with van der Waals surface area (Å²) < 4.78 is 32.6. The average Bonchev–Trinajstić information content (AvgIpc) is 2.37. The van der Waals surface area contributed by atoms with Gasteiger partial charge in [0.2, 0.25) is 0 Å². The Morgan fingerprint density at radius 3 is 2.44 bits per heavy atom. The second kappa shape index (κ2) is 5.96. The fourth-order valence-corrected chi connectivity index (χ4v) is 2.79. The van der Waals surface area contributed by atoms with Gasteiger partial charge in [0.25, 0.3) is 10.2 Å². The molecule has 0 aliphatic carbocycles. The molecule has 1 atom stereocenters. The fourth-order valence-electron chi connectivity index (χ4n) is 1.48. The SMILES string of the molecule is CCC(C)(CNS(=O)(=O)N1CCOCC1)C(=O)O. The number of aliphatic carboxylic acids is 1. The van der Waals surface area contributed by atoms with Crippen molar-refractivity contribution in [3.8, 4) is 0 Å². The summed E-state index contributed by atoms with van der Waals surface area (Å²) in [6, 6.07) is 0. The van der Waals surface area contributed by atoms with E-state index in [-0.39, 0.29) is 6.54 Å². The minimum absolute atomic E-state index is 0.113. The Morgan fingerprint density at radius 1 is 1.44 bits per heavy atom. The van der Waals surface area contributed by atoms with Crippen molar-refractivity contribution in [1.29, 1.82) is 0 Å². The first-order valence-corrected chi connectivity index (χ1v) is 7.32. The third-order valence-electron chi connectivity index (χ3n) is 3.25. The molecule has 0 radical (unpaired) electrons. The molecule has 0 aromatic carbocycles. The molecular weight excluding hydrogens is 260 g/mol. The van der Waals surface area contributed by atoms with Crippen LogP contribution in [0.4, 0.5) is 0 Å². The highest BCUT2D eigenvalue weighted by Gasteiger charge is 2.34. The summed E-state index contributed by atoms with van der Waals surface area (Å²) >= 11 is 0. The van der Waals surface area contributed by atoms with Crippen LogP contribution in [0.25, 0.3) is 0 Å². The number of hydrogen-bond donors (Lipinski definition) is 2. The maximum atomic E-state index is 11.9. The molecule has 2 N–H and O–H groups in total. The molecular formula is C10H20N2O5S. The van der Waals surface area contributed by atoms with E-state index in [1.807, 2.05) is 0 Å². The number of hydrogen-bond acceptors (Lipinski definition) is 4. The Labute approximate surface area is 107 Å². The first-order chi connectivity index (χ1) is 8.32. The predicted molar refractivity (Wildman–Crippen MR) is 65.3 cm³/mol. The Bertz CT molecular complexity index is 391. The molecule has 7 nitrogen and oxygen atoms in total. The summed E-state index contributed by atoms with van der Waals surface area (Å²) in [5.41, 5.74) is -1.08. The van der Waals surface area contributed by atoms with E-state index in [1.54, 1.807) is 6.92 Å². The van der Waals surface area contributed by atoms with Gasteiger partial charge in [-0.1, -0.05) is 6.92 Å². The lowest BCUT2D eigenvalue weighted by Crippen LogP contribution is -2.50. The maximum absolute atomic E-state index is 11.9. The first kappa shape index (κ1) is 15.4. The second-order valence-electron chi connectivity index (χ2n) is 4.56. The van der Waals surface area contributed by atoms with Gasteiger partial charge < -0.3 is 9.84 Å². The number of nitrogens with zero attached hydrogens (tertiary/aromatic N) is 1. The van der Waals surface area contributed by atoms with Crippen molar-refractivity contribution in [3.05, 3.63) is 0 Å². The van der Waals surface area contributed by atoms with Crippen LogP contribution in [-0.2, 0) is 19.7 Å². The lowest BCUT2D eigenvalue weighted by atomic mass is 9.88. The van der Waals surface area contributed by atoms with E-state index in [0.717, 1.165) is 0 Å². The molecule has 1 aliphatic rings. The van der Waals surface area contributed by atoms with Crippen LogP contribution in [-0.4, -0.2) is 56.6 Å². The summed E-state index contributed by atoms with van der Waals surface area (Å²) in [4.78, 5) is 11.1. The van der Waals surface area contributed by atoms with E-state index in [1.165, 1.54) is 11.2 Å². The largest absolute Gasteiger partial charge is 0.481 e. The summed E-state index contributed by atoms with van der Waals surface area (Å²) in [6.45, 7) is 4.46. The highest BCUT2D eigenvalue weighted by Crippen LogP contribution is 2.20. The molecule has 1 aliphatic heterocycles. The molecule has 1 unspecified atom stereocenters. The molecule has 1 rings (SSSR count). The monoisotopic (exact) mass is 280 g/mol. The van der Waals surface area contributed by atoms with Gasteiger partial charge in [-0.3, -0.25) is 4.79 Å². The fraction of sp³-hybridized carbons (Fsp3) is 0.900. The summed E-state index contributed by atoms with van der Waals surface area (Å²) in [5.74, 6) is -1.00. The number of nitrogens with one attached hydrogen (secondary N) is 1. The molecule has 0 aromatic rings. The van der Waals surface area contributed by atoms with Crippen LogP contribution in [0.2, 0.25) is 0 Å². The van der Waals surface area contributed by atoms with Crippen molar-refractivity contribution in [1.82, 2.24) is 9.03 Å². The third kappa shape index (κ3) is 3.64. The molecule has 1 fully saturated rings. The van der Waals surface area contributed by atoms with Gasteiger partial charge in [-0.2, -0.15) is 12.7 Å². The van der Waals surface area contributed by atoms with Gasteiger partial charge in [0.15, 0.2) is 0 Å². The van der Waals surface area contributed by atoms with E-state index in [0.29, 0.717) is 32.7 Å². The molecule has 1 heterocycles. The van der Waals surface area contributed by atoms with E-state index in [2.05, 4.69) is 4.72 Å². The molecule has 0 saturated carbocycles. The van der Waals surface area contributed by atoms with Crippen LogP contribution in [0.5, 0.6) is 0 Å². The van der Waals surface area contributed by atoms with Gasteiger partial charge >= 0.3 is 5.97 Å². The molecule has 106 valence electrons. The number of carboxylic acids is 1. The molecule has 18 heavy (non-hydrogen) atoms. The quantitative estimate of drug-likeness (QED) is 0.693. The van der Waals surface area contributed by atoms with Gasteiger partial charge in [-0.25, -0.2) is 4.72 Å². The van der Waals surface area contributed by atoms with E-state index in [9.17, 15) is 13.2 Å². The van der Waals surface area contributed by atoms with Crippen LogP contribution in [0, 0.1) is 5.41 Å². The third-order valence-corrected chi connectivity index (χ3v) is 4.81. The van der Waals surface area contributed by atoms with Crippen molar-refractivity contribution >= 4 is 16.2 Å². The molecule has 0 spiro atoms. The average molecular weight is 280 g/mol. The topological polar surface area (TPSA) is 95.9 Å². The molecule has 0 bridgehead atoms. The Morgan fingerprint density at radius 2 is 2.00 bits per heavy atom. The van der Waals surface area contributed by atoms with Gasteiger partial charge in [-0.15, -0.1) is 0 Å². The van der Waals surface area contributed by atoms with Gasteiger partial charge in [0.1, 0.15) is 0 Å². The smallest absolute Gasteiger partial charge is 0.310 e. The van der Waals surface area contributed by atoms with E-state index in [4.69, 9.17) is 9.84 Å². The number of ether oxygens (including phenoxy) is 1. The minimum Gasteiger partial charge on any atom is -0.481 e. The Kier molecular flexibility index (Phi) is 5.09. The van der Waals surface area contributed by atoms with Crippen molar-refractivity contribution in [2.45, 2.75) is 20.3 Å². The highest BCUT2D eigenvalue weighted by atomic mass is 32.2. The minimum atomic E-state index is -3.62. The van der Waals surface area contributed by atoms with Crippen LogP contribution >= 0.6 is 0 Å². The van der Waals surface area contributed by atoms with Crippen molar-refractivity contribution in [2.24, 2.45) is 5.41 Å². The molecule has 0 amide bonds. The zero-order valence-corrected chi connectivity index (χ0v) is 11.5. The molecule has 0 aromatic heterocycles. The van der Waals surface area contributed by atoms with Gasteiger partial charge in [-0.05, 0) is 13.3 Å². The second-order valence-corrected chi connectivity index (χ2v) is 6.31. The molecule has 8 heteroatoms. The number of rotatable bonds is 6. The predicted octanol–water partition coefficient (Wildman–Crippen LogP) is -0.346. The number of carbonyl (C=O) groups is 1. The van der Waals surface area contributed by atoms with Crippen molar-refractivity contribution in [2.75, 3.05) is 32.8 Å². The van der Waals surface area contributed by atoms with Crippen LogP contribution in [0.1, 0.15) is 20.3 Å². The Balaban J connectivity index is 2.63. The molecule has 1 saturated heterocycles. The standard InChI is InChI=1S/C10H20N2O5S/c1-3-10(2,9(13)14)8-11-18(15,16)12-4-6-17-7-5-12/h11H,3-8H2,1-2H3,(H,13,14). The summed E-state index contributed by atoms with van der Waals surface area (Å²) in [5, 5.41) is 9.07. The van der Waals surface area contributed by atoms with Crippen molar-refractivity contribution < 1.29 is 23.1 Å². The van der Waals surface area contributed by atoms with Crippen LogP contribution < -0.4 is 4.72 Å². The maximum Gasteiger partial charge on any atom is 0.310 e. The van der Waals surface area contributed by atoms with Gasteiger partial charge in [0.05, 0.1) is 18.6 Å². The highest BCUT2D eigenvalue weighted by molar-refractivity contribution is 7.87. The normalized spacial score (nSPS) is 21.4. The number of morpholine rings is 1. The zero-order chi connectivity index (χ0) is 13.8. The first-order valence-electron chi connectivity index (χ1n) is 5.88. The lowest BCUT2D eigenvalue weighted by molar-refractivity contribution is -0.147. The lowest BCUT2D eigenvalue weighted by Gasteiger charge is -2.29.